The number of alkyl halides is 3. The topological polar surface area (TPSA) is 72.3 Å². The molecule has 1 aliphatic carbocycles. The number of likely N-dealkylation sites (tertiary alicyclic amines) is 1. The Bertz CT molecular complexity index is 1190. The van der Waals surface area contributed by atoms with E-state index < -0.39 is 17.8 Å². The van der Waals surface area contributed by atoms with Gasteiger partial charge in [0.05, 0.1) is 24.4 Å². The van der Waals surface area contributed by atoms with Crippen LogP contribution in [0.25, 0.3) is 10.9 Å². The molecule has 32 heavy (non-hydrogen) atoms. The maximum atomic E-state index is 12.9. The average molecular weight is 445 g/mol. The number of amides is 1. The number of nitrogens with zero attached hydrogens (tertiary/aromatic N) is 4. The summed E-state index contributed by atoms with van der Waals surface area (Å²) in [5, 5.41) is 8.17. The lowest BCUT2D eigenvalue weighted by atomic mass is 10.0. The molecule has 1 saturated carbocycles. The molecule has 0 spiro atoms. The lowest BCUT2D eigenvalue weighted by Gasteiger charge is -2.28. The summed E-state index contributed by atoms with van der Waals surface area (Å²) >= 11 is 0. The second-order valence-electron chi connectivity index (χ2n) is 8.47. The van der Waals surface area contributed by atoms with Crippen molar-refractivity contribution >= 4 is 22.5 Å². The summed E-state index contributed by atoms with van der Waals surface area (Å²) in [5.74, 6) is 0.181. The molecule has 3 heterocycles. The first-order valence-corrected chi connectivity index (χ1v) is 10.4. The summed E-state index contributed by atoms with van der Waals surface area (Å²) in [6.45, 7) is 1.06. The molecule has 1 N–H and O–H groups in total. The molecule has 10 heteroatoms. The van der Waals surface area contributed by atoms with Crippen molar-refractivity contribution in [1.82, 2.24) is 19.7 Å². The molecular formula is C22H22F3N5O2. The van der Waals surface area contributed by atoms with Gasteiger partial charge in [-0.1, -0.05) is 6.07 Å². The largest absolute Gasteiger partial charge is 0.494 e. The quantitative estimate of drug-likeness (QED) is 0.658. The number of ether oxygens (including phenoxy) is 1. The molecule has 0 unspecified atom stereocenters. The van der Waals surface area contributed by atoms with E-state index in [1.54, 1.807) is 12.1 Å². The van der Waals surface area contributed by atoms with E-state index in [1.807, 2.05) is 10.9 Å². The monoisotopic (exact) mass is 445 g/mol. The van der Waals surface area contributed by atoms with Gasteiger partial charge in [-0.3, -0.25) is 9.48 Å². The highest BCUT2D eigenvalue weighted by Gasteiger charge is 2.44. The van der Waals surface area contributed by atoms with Crippen LogP contribution >= 0.6 is 0 Å². The zero-order valence-corrected chi connectivity index (χ0v) is 17.6. The lowest BCUT2D eigenvalue weighted by Crippen LogP contribution is -2.33. The number of halogens is 3. The Labute approximate surface area is 182 Å². The van der Waals surface area contributed by atoms with E-state index in [0.717, 1.165) is 36.0 Å². The van der Waals surface area contributed by atoms with E-state index in [4.69, 9.17) is 9.84 Å². The molecule has 168 valence electrons. The summed E-state index contributed by atoms with van der Waals surface area (Å²) in [6, 6.07) is 7.58. The van der Waals surface area contributed by atoms with Crippen LogP contribution in [0, 0.1) is 5.92 Å². The van der Waals surface area contributed by atoms with Crippen LogP contribution in [0.2, 0.25) is 0 Å². The molecule has 7 nitrogen and oxygen atoms in total. The number of carbonyl (C=O) groups excluding carboxylic acids is 1. The van der Waals surface area contributed by atoms with Gasteiger partial charge in [0.1, 0.15) is 17.1 Å². The van der Waals surface area contributed by atoms with Gasteiger partial charge in [-0.25, -0.2) is 4.98 Å². The summed E-state index contributed by atoms with van der Waals surface area (Å²) in [7, 11) is 3.61. The molecule has 3 aromatic rings. The minimum atomic E-state index is -4.63. The number of nitrogens with one attached hydrogen (secondary N) is 1. The van der Waals surface area contributed by atoms with E-state index >= 15 is 0 Å². The molecule has 5 rings (SSSR count). The predicted octanol–water partition coefficient (Wildman–Crippen LogP) is 3.98. The number of pyridine rings is 1. The number of benzene rings is 1. The van der Waals surface area contributed by atoms with Gasteiger partial charge in [-0.2, -0.15) is 18.3 Å². The molecule has 1 aromatic carbocycles. The summed E-state index contributed by atoms with van der Waals surface area (Å²) in [4.78, 5) is 18.4. The van der Waals surface area contributed by atoms with Gasteiger partial charge >= 0.3 is 6.18 Å². The number of methoxy groups -OCH3 is 1. The van der Waals surface area contributed by atoms with Crippen molar-refractivity contribution in [3.8, 4) is 5.75 Å². The fraction of sp³-hybridized carbons (Fsp3) is 0.409. The minimum Gasteiger partial charge on any atom is -0.494 e. The number of fused-ring (bicyclic) bond motifs is 3. The highest BCUT2D eigenvalue weighted by atomic mass is 19.4. The van der Waals surface area contributed by atoms with E-state index in [1.165, 1.54) is 19.6 Å². The smallest absolute Gasteiger partial charge is 0.433 e. The van der Waals surface area contributed by atoms with Gasteiger partial charge in [0, 0.05) is 30.2 Å². The lowest BCUT2D eigenvalue weighted by molar-refractivity contribution is -0.141. The molecular weight excluding hydrogens is 423 g/mol. The molecule has 2 aliphatic rings. The van der Waals surface area contributed by atoms with Gasteiger partial charge in [-0.05, 0) is 44.0 Å². The van der Waals surface area contributed by atoms with Crippen LogP contribution in [0.5, 0.6) is 5.75 Å². The number of hydrogen-bond acceptors (Lipinski definition) is 5. The van der Waals surface area contributed by atoms with Gasteiger partial charge in [0.2, 0.25) is 0 Å². The minimum absolute atomic E-state index is 0.330. The van der Waals surface area contributed by atoms with E-state index in [-0.39, 0.29) is 5.69 Å². The summed E-state index contributed by atoms with van der Waals surface area (Å²) in [6.07, 6.45) is -0.447. The first-order valence-electron chi connectivity index (χ1n) is 10.4. The Morgan fingerprint density at radius 1 is 1.25 bits per heavy atom. The number of rotatable bonds is 4. The van der Waals surface area contributed by atoms with Crippen molar-refractivity contribution in [2.75, 3.05) is 26.0 Å². The number of hydrogen-bond donors (Lipinski definition) is 1. The first kappa shape index (κ1) is 20.7. The zero-order valence-electron chi connectivity index (χ0n) is 17.6. The third-order valence-corrected chi connectivity index (χ3v) is 6.48. The standard InChI is InChI=1S/C22H22F3N5O2/c1-29-10-13-6-14(29)8-18(13)30-11-12-7-17(19(32-2)9-16(12)28-30)27-21(31)15-4-3-5-20(26-15)22(23,24)25/h3-5,7,9,11,13-14,18H,6,8,10H2,1-2H3,(H,27,31)/t13-,14-,18+/m1/s1. The molecule has 0 radical (unpaired) electrons. The number of piperidine rings is 1. The van der Waals surface area contributed by atoms with Crippen molar-refractivity contribution in [2.45, 2.75) is 31.1 Å². The second-order valence-corrected chi connectivity index (χ2v) is 8.47. The maximum Gasteiger partial charge on any atom is 0.433 e. The van der Waals surface area contributed by atoms with Gasteiger partial charge in [-0.15, -0.1) is 0 Å². The van der Waals surface area contributed by atoms with Crippen LogP contribution in [0.4, 0.5) is 18.9 Å². The number of aromatic nitrogens is 3. The van der Waals surface area contributed by atoms with Crippen LogP contribution in [0.1, 0.15) is 35.1 Å². The third-order valence-electron chi connectivity index (χ3n) is 6.48. The Hall–Kier alpha value is -3.14. The normalized spacial score (nSPS) is 23.1. The molecule has 1 aliphatic heterocycles. The van der Waals surface area contributed by atoms with E-state index in [2.05, 4.69) is 22.2 Å². The molecule has 3 atom stereocenters. The Balaban J connectivity index is 1.42. The summed E-state index contributed by atoms with van der Waals surface area (Å²) in [5.41, 5.74) is -0.376. The van der Waals surface area contributed by atoms with Crippen molar-refractivity contribution in [2.24, 2.45) is 5.92 Å². The van der Waals surface area contributed by atoms with Crippen molar-refractivity contribution in [1.29, 1.82) is 0 Å². The zero-order chi connectivity index (χ0) is 22.6. The van der Waals surface area contributed by atoms with Crippen LogP contribution in [-0.4, -0.2) is 52.3 Å². The maximum absolute atomic E-state index is 12.9. The van der Waals surface area contributed by atoms with Gasteiger partial charge in [0.15, 0.2) is 0 Å². The fourth-order valence-electron chi connectivity index (χ4n) is 4.89. The molecule has 2 bridgehead atoms. The molecule has 2 aromatic heterocycles. The highest BCUT2D eigenvalue weighted by molar-refractivity contribution is 6.05. The molecule has 2 fully saturated rings. The third kappa shape index (κ3) is 3.58. The fourth-order valence-corrected chi connectivity index (χ4v) is 4.89. The van der Waals surface area contributed by atoms with Crippen LogP contribution in [0.3, 0.4) is 0 Å². The van der Waals surface area contributed by atoms with Gasteiger partial charge in [0.25, 0.3) is 5.91 Å². The SMILES string of the molecule is COc1cc2nn([C@H]3C[C@H]4C[C@@H]3CN4C)cc2cc1NC(=O)c1cccc(C(F)(F)F)n1. The average Bonchev–Trinajstić information content (AvgIpc) is 3.45. The molecule has 1 saturated heterocycles. The van der Waals surface area contributed by atoms with Crippen LogP contribution < -0.4 is 10.1 Å². The number of carbonyl (C=O) groups is 1. The predicted molar refractivity (Wildman–Crippen MR) is 112 cm³/mol. The summed E-state index contributed by atoms with van der Waals surface area (Å²) < 4.78 is 46.2. The molecule has 1 amide bonds. The Morgan fingerprint density at radius 2 is 2.06 bits per heavy atom. The van der Waals surface area contributed by atoms with Crippen LogP contribution in [0.15, 0.2) is 36.5 Å². The second kappa shape index (κ2) is 7.47. The first-order chi connectivity index (χ1) is 15.2. The van der Waals surface area contributed by atoms with E-state index in [9.17, 15) is 18.0 Å². The van der Waals surface area contributed by atoms with Crippen molar-refractivity contribution in [3.05, 3.63) is 47.9 Å². The van der Waals surface area contributed by atoms with Crippen molar-refractivity contribution < 1.29 is 22.7 Å². The van der Waals surface area contributed by atoms with Crippen molar-refractivity contribution in [3.63, 3.8) is 0 Å². The Kier molecular flexibility index (Phi) is 4.85. The highest BCUT2D eigenvalue weighted by Crippen LogP contribution is 2.44. The van der Waals surface area contributed by atoms with E-state index in [0.29, 0.717) is 29.4 Å². The van der Waals surface area contributed by atoms with Gasteiger partial charge < -0.3 is 15.0 Å². The van der Waals surface area contributed by atoms with Crippen LogP contribution in [-0.2, 0) is 6.18 Å². The Morgan fingerprint density at radius 3 is 2.72 bits per heavy atom. The number of anilines is 1.